The molecule has 1 atom stereocenters. The van der Waals surface area contributed by atoms with Crippen LogP contribution in [0.1, 0.15) is 41.9 Å². The van der Waals surface area contributed by atoms with Crippen molar-refractivity contribution in [1.82, 2.24) is 5.32 Å². The van der Waals surface area contributed by atoms with Gasteiger partial charge in [-0.2, -0.15) is 5.26 Å². The average molecular weight is 478 g/mol. The minimum absolute atomic E-state index is 0.0632. The number of aryl methyl sites for hydroxylation is 2. The number of allylic oxidation sites excluding steroid dienone is 3. The van der Waals surface area contributed by atoms with Crippen molar-refractivity contribution in [3.05, 3.63) is 86.0 Å². The van der Waals surface area contributed by atoms with E-state index in [2.05, 4.69) is 16.7 Å². The molecule has 0 radical (unpaired) electrons. The number of para-hydroxylation sites is 1. The molecule has 0 saturated heterocycles. The van der Waals surface area contributed by atoms with Crippen LogP contribution in [-0.2, 0) is 9.59 Å². The van der Waals surface area contributed by atoms with E-state index in [1.807, 2.05) is 44.2 Å². The van der Waals surface area contributed by atoms with Crippen LogP contribution in [0.25, 0.3) is 0 Å². The normalized spacial score (nSPS) is 17.9. The topological polar surface area (TPSA) is 82.0 Å². The lowest BCUT2D eigenvalue weighted by molar-refractivity contribution is -0.116. The monoisotopic (exact) mass is 477 g/mol. The number of Topliss-reactive ketones (excluding diaryl/α,β-unsaturated/α-hetero) is 1. The molecule has 2 aromatic carbocycles. The minimum atomic E-state index is -0.458. The number of ketones is 1. The van der Waals surface area contributed by atoms with E-state index in [0.29, 0.717) is 27.6 Å². The number of nitrogens with zero attached hydrogens (tertiary/aromatic N) is 1. The first-order valence-corrected chi connectivity index (χ1v) is 12.2. The molecule has 1 aliphatic heterocycles. The summed E-state index contributed by atoms with van der Waals surface area (Å²) < 4.78 is 0. The van der Waals surface area contributed by atoms with Gasteiger partial charge >= 0.3 is 0 Å². The molecular weight excluding hydrogens is 454 g/mol. The maximum atomic E-state index is 12.9. The molecule has 1 heterocycles. The van der Waals surface area contributed by atoms with Gasteiger partial charge in [0.15, 0.2) is 5.78 Å². The van der Waals surface area contributed by atoms with E-state index in [1.54, 1.807) is 12.1 Å². The SMILES string of the molecule is Cc1cccc(C)c1NC(=O)CSC1=C(C#N)[C@@H](c2ccc(Cl)cc2)C2=C(CCCC2=O)N1. The van der Waals surface area contributed by atoms with E-state index >= 15 is 0 Å². The van der Waals surface area contributed by atoms with Gasteiger partial charge in [-0.1, -0.05) is 53.7 Å². The zero-order valence-corrected chi connectivity index (χ0v) is 20.1. The highest BCUT2D eigenvalue weighted by Gasteiger charge is 2.37. The van der Waals surface area contributed by atoms with Crippen molar-refractivity contribution in [2.75, 3.05) is 11.1 Å². The predicted molar refractivity (Wildman–Crippen MR) is 133 cm³/mol. The highest BCUT2D eigenvalue weighted by Crippen LogP contribution is 2.44. The number of rotatable bonds is 5. The Bertz CT molecular complexity index is 1200. The average Bonchev–Trinajstić information content (AvgIpc) is 2.80. The molecule has 0 fully saturated rings. The zero-order chi connectivity index (χ0) is 23.5. The van der Waals surface area contributed by atoms with Crippen LogP contribution >= 0.6 is 23.4 Å². The lowest BCUT2D eigenvalue weighted by Gasteiger charge is -2.33. The third-order valence-electron chi connectivity index (χ3n) is 5.96. The summed E-state index contributed by atoms with van der Waals surface area (Å²) in [5.74, 6) is -0.397. The number of benzene rings is 2. The summed E-state index contributed by atoms with van der Waals surface area (Å²) in [6.45, 7) is 3.92. The van der Waals surface area contributed by atoms with Gasteiger partial charge in [-0.25, -0.2) is 0 Å². The maximum Gasteiger partial charge on any atom is 0.234 e. The lowest BCUT2D eigenvalue weighted by atomic mass is 9.77. The smallest absolute Gasteiger partial charge is 0.234 e. The fraction of sp³-hybridized carbons (Fsp3) is 0.269. The maximum absolute atomic E-state index is 12.9. The number of nitrogens with one attached hydrogen (secondary N) is 2. The summed E-state index contributed by atoms with van der Waals surface area (Å²) in [4.78, 5) is 25.6. The number of carbonyl (C=O) groups is 2. The molecule has 1 amide bonds. The van der Waals surface area contributed by atoms with Gasteiger partial charge in [-0.3, -0.25) is 9.59 Å². The Hall–Kier alpha value is -3.01. The summed E-state index contributed by atoms with van der Waals surface area (Å²) in [5.41, 5.74) is 5.62. The van der Waals surface area contributed by atoms with E-state index in [9.17, 15) is 14.9 Å². The first-order chi connectivity index (χ1) is 15.9. The summed E-state index contributed by atoms with van der Waals surface area (Å²) in [6, 6.07) is 15.4. The summed E-state index contributed by atoms with van der Waals surface area (Å²) in [6.07, 6.45) is 1.98. The summed E-state index contributed by atoms with van der Waals surface area (Å²) in [5, 5.41) is 17.6. The fourth-order valence-corrected chi connectivity index (χ4v) is 5.34. The number of carbonyl (C=O) groups excluding carboxylic acids is 2. The number of thioether (sulfide) groups is 1. The van der Waals surface area contributed by atoms with Crippen molar-refractivity contribution in [3.63, 3.8) is 0 Å². The van der Waals surface area contributed by atoms with E-state index in [-0.39, 0.29) is 17.4 Å². The highest BCUT2D eigenvalue weighted by molar-refractivity contribution is 8.03. The molecule has 2 aromatic rings. The third kappa shape index (κ3) is 4.85. The number of hydrogen-bond donors (Lipinski definition) is 2. The van der Waals surface area contributed by atoms with Crippen LogP contribution in [0.5, 0.6) is 0 Å². The molecule has 4 rings (SSSR count). The Kier molecular flexibility index (Phi) is 6.92. The molecule has 1 aliphatic carbocycles. The molecule has 33 heavy (non-hydrogen) atoms. The number of anilines is 1. The van der Waals surface area contributed by atoms with Crippen molar-refractivity contribution in [2.45, 2.75) is 39.0 Å². The highest BCUT2D eigenvalue weighted by atomic mass is 35.5. The molecule has 2 N–H and O–H groups in total. The first-order valence-electron chi connectivity index (χ1n) is 10.8. The van der Waals surface area contributed by atoms with Crippen molar-refractivity contribution in [1.29, 1.82) is 5.26 Å². The second-order valence-corrected chi connectivity index (χ2v) is 9.66. The Labute approximate surface area is 202 Å². The molecule has 5 nitrogen and oxygen atoms in total. The Morgan fingerprint density at radius 1 is 1.18 bits per heavy atom. The first kappa shape index (κ1) is 23.2. The van der Waals surface area contributed by atoms with Gasteiger partial charge < -0.3 is 10.6 Å². The second-order valence-electron chi connectivity index (χ2n) is 8.24. The third-order valence-corrected chi connectivity index (χ3v) is 7.23. The molecular formula is C26H24ClN3O2S. The van der Waals surface area contributed by atoms with Crippen LogP contribution in [-0.4, -0.2) is 17.4 Å². The van der Waals surface area contributed by atoms with E-state index in [1.165, 1.54) is 11.8 Å². The summed E-state index contributed by atoms with van der Waals surface area (Å²) >= 11 is 7.36. The van der Waals surface area contributed by atoms with Gasteiger partial charge in [0.1, 0.15) is 0 Å². The molecule has 0 saturated carbocycles. The number of halogens is 1. The quantitative estimate of drug-likeness (QED) is 0.572. The number of amides is 1. The fourth-order valence-electron chi connectivity index (χ4n) is 4.35. The second kappa shape index (κ2) is 9.86. The number of dihydropyridines is 1. The van der Waals surface area contributed by atoms with Gasteiger partial charge in [0.2, 0.25) is 5.91 Å². The van der Waals surface area contributed by atoms with Gasteiger partial charge in [-0.15, -0.1) is 0 Å². The zero-order valence-electron chi connectivity index (χ0n) is 18.5. The van der Waals surface area contributed by atoms with Crippen molar-refractivity contribution in [2.24, 2.45) is 0 Å². The molecule has 0 spiro atoms. The van der Waals surface area contributed by atoms with Crippen LogP contribution in [0, 0.1) is 25.2 Å². The van der Waals surface area contributed by atoms with Crippen LogP contribution < -0.4 is 10.6 Å². The van der Waals surface area contributed by atoms with Gasteiger partial charge in [-0.05, 0) is 55.5 Å². The van der Waals surface area contributed by atoms with Crippen LogP contribution in [0.3, 0.4) is 0 Å². The van der Waals surface area contributed by atoms with Crippen molar-refractivity contribution >= 4 is 40.7 Å². The van der Waals surface area contributed by atoms with E-state index < -0.39 is 5.92 Å². The number of hydrogen-bond acceptors (Lipinski definition) is 5. The largest absolute Gasteiger partial charge is 0.352 e. The molecule has 7 heteroatoms. The van der Waals surface area contributed by atoms with Crippen molar-refractivity contribution < 1.29 is 9.59 Å². The van der Waals surface area contributed by atoms with Gasteiger partial charge in [0.05, 0.1) is 28.3 Å². The number of nitriles is 1. The van der Waals surface area contributed by atoms with Gasteiger partial charge in [0, 0.05) is 28.4 Å². The Morgan fingerprint density at radius 2 is 1.88 bits per heavy atom. The van der Waals surface area contributed by atoms with Crippen LogP contribution in [0.4, 0.5) is 5.69 Å². The molecule has 168 valence electrons. The molecule has 2 aliphatic rings. The van der Waals surface area contributed by atoms with Gasteiger partial charge in [0.25, 0.3) is 0 Å². The summed E-state index contributed by atoms with van der Waals surface area (Å²) in [7, 11) is 0. The molecule has 0 aromatic heterocycles. The van der Waals surface area contributed by atoms with Crippen LogP contribution in [0.2, 0.25) is 5.02 Å². The van der Waals surface area contributed by atoms with E-state index in [0.717, 1.165) is 40.9 Å². The standard InChI is InChI=1S/C26H24ClN3O2S/c1-15-5-3-6-16(2)25(15)30-22(32)14-33-26-19(13-28)23(17-9-11-18(27)12-10-17)24-20(29-26)7-4-8-21(24)31/h3,5-6,9-12,23,29H,4,7-8,14H2,1-2H3,(H,30,32)/t23-/m1/s1. The van der Waals surface area contributed by atoms with Crippen molar-refractivity contribution in [3.8, 4) is 6.07 Å². The lowest BCUT2D eigenvalue weighted by Crippen LogP contribution is -2.31. The Morgan fingerprint density at radius 3 is 2.55 bits per heavy atom. The molecule has 0 bridgehead atoms. The predicted octanol–water partition coefficient (Wildman–Crippen LogP) is 5.76. The Balaban J connectivity index is 1.62. The van der Waals surface area contributed by atoms with Crippen LogP contribution in [0.15, 0.2) is 64.3 Å². The van der Waals surface area contributed by atoms with E-state index in [4.69, 9.17) is 11.6 Å². The minimum Gasteiger partial charge on any atom is -0.352 e. The molecule has 0 unspecified atom stereocenters.